The molecule has 0 aliphatic carbocycles. The van der Waals surface area contributed by atoms with Gasteiger partial charge < -0.3 is 10.4 Å². The van der Waals surface area contributed by atoms with Crippen molar-refractivity contribution in [3.8, 4) is 0 Å². The lowest BCUT2D eigenvalue weighted by Gasteiger charge is -2.32. The summed E-state index contributed by atoms with van der Waals surface area (Å²) < 4.78 is 28.2. The minimum atomic E-state index is -3.72. The molecule has 2 aliphatic rings. The largest absolute Gasteiger partial charge is 0.480 e. The molecule has 122 valence electrons. The van der Waals surface area contributed by atoms with Crippen molar-refractivity contribution >= 4 is 16.2 Å². The molecular weight excluding hydrogens is 296 g/mol. The molecule has 3 N–H and O–H groups in total. The van der Waals surface area contributed by atoms with Crippen molar-refractivity contribution in [2.45, 2.75) is 25.3 Å². The number of rotatable bonds is 6. The molecule has 0 aromatic rings. The summed E-state index contributed by atoms with van der Waals surface area (Å²) in [5.41, 5.74) is 0. The van der Waals surface area contributed by atoms with E-state index in [1.165, 1.54) is 0 Å². The van der Waals surface area contributed by atoms with Crippen LogP contribution in [0.15, 0.2) is 0 Å². The Morgan fingerprint density at radius 1 is 1.24 bits per heavy atom. The summed E-state index contributed by atoms with van der Waals surface area (Å²) in [5.74, 6) is -1.07. The first-order valence-corrected chi connectivity index (χ1v) is 8.87. The van der Waals surface area contributed by atoms with Crippen molar-refractivity contribution in [3.63, 3.8) is 0 Å². The quantitative estimate of drug-likeness (QED) is 0.560. The molecule has 0 amide bonds. The molecule has 0 spiro atoms. The second-order valence-electron chi connectivity index (χ2n) is 5.45. The van der Waals surface area contributed by atoms with E-state index < -0.39 is 22.2 Å². The highest BCUT2D eigenvalue weighted by atomic mass is 32.2. The zero-order valence-electron chi connectivity index (χ0n) is 12.1. The van der Waals surface area contributed by atoms with E-state index in [0.29, 0.717) is 25.9 Å². The van der Waals surface area contributed by atoms with E-state index in [4.69, 9.17) is 5.11 Å². The zero-order chi connectivity index (χ0) is 15.3. The van der Waals surface area contributed by atoms with Gasteiger partial charge in [-0.15, -0.1) is 0 Å². The van der Waals surface area contributed by atoms with Crippen LogP contribution in [0.25, 0.3) is 0 Å². The van der Waals surface area contributed by atoms with Crippen LogP contribution in [0.5, 0.6) is 0 Å². The lowest BCUT2D eigenvalue weighted by molar-refractivity contribution is -0.142. The van der Waals surface area contributed by atoms with Gasteiger partial charge in [-0.2, -0.15) is 12.7 Å². The molecule has 9 heteroatoms. The van der Waals surface area contributed by atoms with Gasteiger partial charge in [-0.3, -0.25) is 9.69 Å². The van der Waals surface area contributed by atoms with Crippen molar-refractivity contribution in [2.75, 3.05) is 45.8 Å². The number of piperazine rings is 1. The molecule has 8 nitrogen and oxygen atoms in total. The van der Waals surface area contributed by atoms with Gasteiger partial charge in [-0.25, -0.2) is 4.72 Å². The molecule has 1 atom stereocenters. The summed E-state index contributed by atoms with van der Waals surface area (Å²) in [5, 5.41) is 12.4. The Kier molecular flexibility index (Phi) is 5.94. The van der Waals surface area contributed by atoms with Crippen LogP contribution in [-0.4, -0.2) is 80.6 Å². The van der Waals surface area contributed by atoms with Gasteiger partial charge in [0.05, 0.1) is 0 Å². The topological polar surface area (TPSA) is 102 Å². The Hall–Kier alpha value is -0.740. The molecule has 2 aliphatic heterocycles. The Morgan fingerprint density at radius 3 is 2.62 bits per heavy atom. The molecule has 0 aromatic heterocycles. The first-order valence-electron chi connectivity index (χ1n) is 7.43. The van der Waals surface area contributed by atoms with Crippen LogP contribution in [0.1, 0.15) is 19.3 Å². The number of piperidine rings is 1. The SMILES string of the molecule is O=C(O)C1CCCCN1S(=O)(=O)NCCN1CCNCC1. The van der Waals surface area contributed by atoms with Gasteiger partial charge in [0, 0.05) is 45.8 Å². The molecule has 0 saturated carbocycles. The highest BCUT2D eigenvalue weighted by Crippen LogP contribution is 2.19. The predicted molar refractivity (Wildman–Crippen MR) is 78.2 cm³/mol. The molecule has 2 saturated heterocycles. The standard InChI is InChI=1S/C12H24N4O4S/c17-12(18)11-3-1-2-7-16(11)21(19,20)14-6-10-15-8-4-13-5-9-15/h11,13-14H,1-10H2,(H,17,18). The van der Waals surface area contributed by atoms with Crippen LogP contribution in [-0.2, 0) is 15.0 Å². The number of hydrogen-bond acceptors (Lipinski definition) is 5. The predicted octanol–water partition coefficient (Wildman–Crippen LogP) is -1.33. The molecule has 2 heterocycles. The minimum Gasteiger partial charge on any atom is -0.480 e. The van der Waals surface area contributed by atoms with Gasteiger partial charge in [-0.1, -0.05) is 0 Å². The first kappa shape index (κ1) is 16.6. The molecule has 2 fully saturated rings. The lowest BCUT2D eigenvalue weighted by atomic mass is 10.1. The number of nitrogens with one attached hydrogen (secondary N) is 2. The van der Waals surface area contributed by atoms with Gasteiger partial charge in [0.15, 0.2) is 0 Å². The number of carboxylic acid groups (broad SMARTS) is 1. The Bertz CT molecular complexity index is 450. The Morgan fingerprint density at radius 2 is 1.95 bits per heavy atom. The third-order valence-electron chi connectivity index (χ3n) is 3.97. The summed E-state index contributed by atoms with van der Waals surface area (Å²) >= 11 is 0. The summed E-state index contributed by atoms with van der Waals surface area (Å²) in [7, 11) is -3.72. The van der Waals surface area contributed by atoms with Crippen LogP contribution in [0.2, 0.25) is 0 Å². The molecule has 1 unspecified atom stereocenters. The fourth-order valence-electron chi connectivity index (χ4n) is 2.79. The van der Waals surface area contributed by atoms with Gasteiger partial charge in [0.25, 0.3) is 10.2 Å². The van der Waals surface area contributed by atoms with E-state index in [9.17, 15) is 13.2 Å². The average molecular weight is 320 g/mol. The molecule has 0 aromatic carbocycles. The van der Waals surface area contributed by atoms with Gasteiger partial charge in [0.1, 0.15) is 6.04 Å². The van der Waals surface area contributed by atoms with E-state index in [-0.39, 0.29) is 6.54 Å². The minimum absolute atomic E-state index is 0.278. The number of carboxylic acids is 1. The Labute approximate surface area is 125 Å². The van der Waals surface area contributed by atoms with E-state index in [2.05, 4.69) is 14.9 Å². The van der Waals surface area contributed by atoms with Crippen molar-refractivity contribution in [1.29, 1.82) is 0 Å². The first-order chi connectivity index (χ1) is 10.0. The third kappa shape index (κ3) is 4.62. The Balaban J connectivity index is 1.86. The second-order valence-corrected chi connectivity index (χ2v) is 7.16. The third-order valence-corrected chi connectivity index (χ3v) is 5.59. The van der Waals surface area contributed by atoms with Crippen molar-refractivity contribution in [2.24, 2.45) is 0 Å². The normalized spacial score (nSPS) is 25.8. The second kappa shape index (κ2) is 7.50. The highest BCUT2D eigenvalue weighted by molar-refractivity contribution is 7.87. The fraction of sp³-hybridized carbons (Fsp3) is 0.917. The maximum absolute atomic E-state index is 12.3. The van der Waals surface area contributed by atoms with E-state index in [0.717, 1.165) is 36.9 Å². The number of nitrogens with zero attached hydrogens (tertiary/aromatic N) is 2. The smallest absolute Gasteiger partial charge is 0.322 e. The summed E-state index contributed by atoms with van der Waals surface area (Å²) in [6, 6.07) is -0.935. The lowest BCUT2D eigenvalue weighted by Crippen LogP contribution is -2.53. The fourth-order valence-corrected chi connectivity index (χ4v) is 4.21. The van der Waals surface area contributed by atoms with Gasteiger partial charge in [-0.05, 0) is 19.3 Å². The van der Waals surface area contributed by atoms with E-state index >= 15 is 0 Å². The molecule has 0 bridgehead atoms. The summed E-state index contributed by atoms with van der Waals surface area (Å²) in [4.78, 5) is 13.4. The maximum atomic E-state index is 12.3. The van der Waals surface area contributed by atoms with Crippen molar-refractivity contribution < 1.29 is 18.3 Å². The van der Waals surface area contributed by atoms with Crippen LogP contribution in [0.3, 0.4) is 0 Å². The number of aliphatic carboxylic acids is 1. The maximum Gasteiger partial charge on any atom is 0.322 e. The molecule has 0 radical (unpaired) electrons. The highest BCUT2D eigenvalue weighted by Gasteiger charge is 2.36. The summed E-state index contributed by atoms with van der Waals surface area (Å²) in [6.45, 7) is 4.88. The number of carbonyl (C=O) groups is 1. The monoisotopic (exact) mass is 320 g/mol. The molecular formula is C12H24N4O4S. The summed E-state index contributed by atoms with van der Waals surface area (Å²) in [6.07, 6.45) is 1.85. The number of hydrogen-bond donors (Lipinski definition) is 3. The van der Waals surface area contributed by atoms with E-state index in [1.807, 2.05) is 0 Å². The molecule has 2 rings (SSSR count). The van der Waals surface area contributed by atoms with Crippen LogP contribution in [0.4, 0.5) is 0 Å². The van der Waals surface area contributed by atoms with Gasteiger partial charge >= 0.3 is 5.97 Å². The van der Waals surface area contributed by atoms with Crippen LogP contribution in [0, 0.1) is 0 Å². The van der Waals surface area contributed by atoms with Crippen molar-refractivity contribution in [1.82, 2.24) is 19.2 Å². The van der Waals surface area contributed by atoms with Crippen LogP contribution >= 0.6 is 0 Å². The van der Waals surface area contributed by atoms with E-state index in [1.54, 1.807) is 0 Å². The zero-order valence-corrected chi connectivity index (χ0v) is 12.9. The molecule has 21 heavy (non-hydrogen) atoms. The van der Waals surface area contributed by atoms with Crippen LogP contribution < -0.4 is 10.0 Å². The average Bonchev–Trinajstić information content (AvgIpc) is 2.48. The van der Waals surface area contributed by atoms with Gasteiger partial charge in [0.2, 0.25) is 0 Å². The van der Waals surface area contributed by atoms with Crippen molar-refractivity contribution in [3.05, 3.63) is 0 Å².